The molecule has 2 atom stereocenters. The molecule has 1 aromatic rings. The molecular formula is C21H30N2O2. The van der Waals surface area contributed by atoms with Crippen LogP contribution in [0.3, 0.4) is 0 Å². The molecule has 0 bridgehead atoms. The maximum absolute atomic E-state index is 13.3. The molecule has 1 aromatic carbocycles. The highest BCUT2D eigenvalue weighted by molar-refractivity contribution is 5.93. The first-order valence-electron chi connectivity index (χ1n) is 9.04. The standard InChI is InChI=1S/C21H30N2O2/c1-15(2)14-21(16(3)4)11-12-23(20(21)25)18(19(24)22-5)13-17-9-7-6-8-10-17/h6-10,15,18H,3,11-14H2,1-2,4-5H3,(H,22,24)/t18-,21+/m0/s1. The van der Waals surface area contributed by atoms with Gasteiger partial charge in [0.15, 0.2) is 0 Å². The molecule has 136 valence electrons. The highest BCUT2D eigenvalue weighted by Gasteiger charge is 2.50. The van der Waals surface area contributed by atoms with E-state index in [1.165, 1.54) is 0 Å². The van der Waals surface area contributed by atoms with Gasteiger partial charge in [-0.2, -0.15) is 0 Å². The number of hydrogen-bond donors (Lipinski definition) is 1. The van der Waals surface area contributed by atoms with Crippen LogP contribution >= 0.6 is 0 Å². The molecule has 0 unspecified atom stereocenters. The van der Waals surface area contributed by atoms with Gasteiger partial charge in [-0.15, -0.1) is 0 Å². The van der Waals surface area contributed by atoms with Crippen LogP contribution in [0.1, 0.15) is 39.2 Å². The molecule has 1 aliphatic rings. The Morgan fingerprint density at radius 2 is 1.96 bits per heavy atom. The summed E-state index contributed by atoms with van der Waals surface area (Å²) >= 11 is 0. The lowest BCUT2D eigenvalue weighted by Crippen LogP contribution is -2.50. The van der Waals surface area contributed by atoms with E-state index < -0.39 is 11.5 Å². The zero-order valence-corrected chi connectivity index (χ0v) is 15.8. The Morgan fingerprint density at radius 1 is 1.32 bits per heavy atom. The highest BCUT2D eigenvalue weighted by Crippen LogP contribution is 2.44. The minimum Gasteiger partial charge on any atom is -0.357 e. The topological polar surface area (TPSA) is 49.4 Å². The molecule has 0 aliphatic carbocycles. The molecule has 0 spiro atoms. The zero-order chi connectivity index (χ0) is 18.6. The molecule has 1 N–H and O–H groups in total. The van der Waals surface area contributed by atoms with Crippen LogP contribution in [0.4, 0.5) is 0 Å². The first-order chi connectivity index (χ1) is 11.8. The van der Waals surface area contributed by atoms with E-state index in [0.717, 1.165) is 24.0 Å². The van der Waals surface area contributed by atoms with Gasteiger partial charge in [0.05, 0.1) is 5.41 Å². The number of carbonyl (C=O) groups is 2. The zero-order valence-electron chi connectivity index (χ0n) is 15.8. The van der Waals surface area contributed by atoms with Crippen LogP contribution in [0.15, 0.2) is 42.5 Å². The summed E-state index contributed by atoms with van der Waals surface area (Å²) in [6.07, 6.45) is 2.05. The number of hydrogen-bond acceptors (Lipinski definition) is 2. The summed E-state index contributed by atoms with van der Waals surface area (Å²) in [5, 5.41) is 2.72. The Balaban J connectivity index is 2.31. The summed E-state index contributed by atoms with van der Waals surface area (Å²) in [5.41, 5.74) is 1.43. The number of nitrogens with one attached hydrogen (secondary N) is 1. The van der Waals surface area contributed by atoms with E-state index in [4.69, 9.17) is 0 Å². The van der Waals surface area contributed by atoms with Crippen LogP contribution in [0.2, 0.25) is 0 Å². The molecule has 25 heavy (non-hydrogen) atoms. The van der Waals surface area contributed by atoms with Crippen molar-refractivity contribution in [3.63, 3.8) is 0 Å². The van der Waals surface area contributed by atoms with Crippen molar-refractivity contribution in [2.45, 2.75) is 46.1 Å². The van der Waals surface area contributed by atoms with Crippen LogP contribution in [-0.4, -0.2) is 36.3 Å². The van der Waals surface area contributed by atoms with E-state index in [1.807, 2.05) is 37.3 Å². The fourth-order valence-electron chi connectivity index (χ4n) is 3.90. The SMILES string of the molecule is C=C(C)[C@]1(CC(C)C)CCN([C@@H](Cc2ccccc2)C(=O)NC)C1=O. The van der Waals surface area contributed by atoms with Crippen molar-refractivity contribution in [3.05, 3.63) is 48.0 Å². The maximum atomic E-state index is 13.3. The van der Waals surface area contributed by atoms with Crippen molar-refractivity contribution in [1.82, 2.24) is 10.2 Å². The average Bonchev–Trinajstić information content (AvgIpc) is 2.90. The van der Waals surface area contributed by atoms with Gasteiger partial charge in [0, 0.05) is 20.0 Å². The fourth-order valence-corrected chi connectivity index (χ4v) is 3.90. The summed E-state index contributed by atoms with van der Waals surface area (Å²) in [6.45, 7) is 10.9. The third-order valence-electron chi connectivity index (χ3n) is 5.22. The Hall–Kier alpha value is -2.10. The van der Waals surface area contributed by atoms with Gasteiger partial charge in [0.1, 0.15) is 6.04 Å². The van der Waals surface area contributed by atoms with Crippen molar-refractivity contribution >= 4 is 11.8 Å². The van der Waals surface area contributed by atoms with E-state index in [1.54, 1.807) is 11.9 Å². The highest BCUT2D eigenvalue weighted by atomic mass is 16.2. The van der Waals surface area contributed by atoms with Crippen LogP contribution in [0.25, 0.3) is 0 Å². The van der Waals surface area contributed by atoms with E-state index in [-0.39, 0.29) is 11.8 Å². The van der Waals surface area contributed by atoms with Crippen LogP contribution in [0, 0.1) is 11.3 Å². The number of carbonyl (C=O) groups excluding carboxylic acids is 2. The van der Waals surface area contributed by atoms with Gasteiger partial charge in [0.25, 0.3) is 0 Å². The number of rotatable bonds is 7. The number of benzene rings is 1. The monoisotopic (exact) mass is 342 g/mol. The molecule has 2 amide bonds. The predicted molar refractivity (Wildman–Crippen MR) is 101 cm³/mol. The van der Waals surface area contributed by atoms with Crippen molar-refractivity contribution < 1.29 is 9.59 Å². The minimum atomic E-state index is -0.531. The molecule has 1 heterocycles. The lowest BCUT2D eigenvalue weighted by molar-refractivity contribution is -0.142. The number of likely N-dealkylation sites (N-methyl/N-ethyl adjacent to an activating group) is 1. The molecule has 4 nitrogen and oxygen atoms in total. The van der Waals surface area contributed by atoms with Crippen molar-refractivity contribution in [2.24, 2.45) is 11.3 Å². The smallest absolute Gasteiger partial charge is 0.242 e. The lowest BCUT2D eigenvalue weighted by atomic mass is 9.74. The van der Waals surface area contributed by atoms with E-state index in [2.05, 4.69) is 25.7 Å². The van der Waals surface area contributed by atoms with Crippen molar-refractivity contribution in [2.75, 3.05) is 13.6 Å². The molecule has 0 saturated carbocycles. The van der Waals surface area contributed by atoms with Gasteiger partial charge < -0.3 is 10.2 Å². The Morgan fingerprint density at radius 3 is 2.48 bits per heavy atom. The van der Waals surface area contributed by atoms with Crippen LogP contribution < -0.4 is 5.32 Å². The second-order valence-corrected chi connectivity index (χ2v) is 7.53. The molecular weight excluding hydrogens is 312 g/mol. The average molecular weight is 342 g/mol. The third-order valence-corrected chi connectivity index (χ3v) is 5.22. The molecule has 2 rings (SSSR count). The number of amides is 2. The molecule has 0 radical (unpaired) electrons. The molecule has 1 aliphatic heterocycles. The van der Waals surface area contributed by atoms with E-state index in [0.29, 0.717) is 18.9 Å². The van der Waals surface area contributed by atoms with Gasteiger partial charge in [0.2, 0.25) is 11.8 Å². The predicted octanol–water partition coefficient (Wildman–Crippen LogP) is 3.18. The summed E-state index contributed by atoms with van der Waals surface area (Å²) < 4.78 is 0. The molecule has 0 aromatic heterocycles. The van der Waals surface area contributed by atoms with Gasteiger partial charge in [-0.05, 0) is 31.2 Å². The van der Waals surface area contributed by atoms with Crippen molar-refractivity contribution in [3.8, 4) is 0 Å². The minimum absolute atomic E-state index is 0.0539. The molecule has 1 fully saturated rings. The van der Waals surface area contributed by atoms with Crippen molar-refractivity contribution in [1.29, 1.82) is 0 Å². The summed E-state index contributed by atoms with van der Waals surface area (Å²) in [7, 11) is 1.63. The summed E-state index contributed by atoms with van der Waals surface area (Å²) in [6, 6.07) is 9.38. The van der Waals surface area contributed by atoms with E-state index >= 15 is 0 Å². The third kappa shape index (κ3) is 3.94. The largest absolute Gasteiger partial charge is 0.357 e. The van der Waals surface area contributed by atoms with Gasteiger partial charge >= 0.3 is 0 Å². The first kappa shape index (κ1) is 19.2. The number of nitrogens with zero attached hydrogens (tertiary/aromatic N) is 1. The summed E-state index contributed by atoms with van der Waals surface area (Å²) in [4.78, 5) is 27.6. The van der Waals surface area contributed by atoms with Crippen LogP contribution in [-0.2, 0) is 16.0 Å². The van der Waals surface area contributed by atoms with Gasteiger partial charge in [-0.25, -0.2) is 0 Å². The number of likely N-dealkylation sites (tertiary alicyclic amines) is 1. The maximum Gasteiger partial charge on any atom is 0.242 e. The quantitative estimate of drug-likeness (QED) is 0.774. The molecule has 1 saturated heterocycles. The fraction of sp³-hybridized carbons (Fsp3) is 0.524. The van der Waals surface area contributed by atoms with E-state index in [9.17, 15) is 9.59 Å². The second kappa shape index (κ2) is 7.85. The first-order valence-corrected chi connectivity index (χ1v) is 9.04. The lowest BCUT2D eigenvalue weighted by Gasteiger charge is -2.32. The van der Waals surface area contributed by atoms with Gasteiger partial charge in [-0.1, -0.05) is 56.3 Å². The van der Waals surface area contributed by atoms with Gasteiger partial charge in [-0.3, -0.25) is 9.59 Å². The Bertz CT molecular complexity index is 639. The summed E-state index contributed by atoms with van der Waals surface area (Å²) in [5.74, 6) is 0.339. The normalized spacial score (nSPS) is 21.5. The molecule has 4 heteroatoms. The second-order valence-electron chi connectivity index (χ2n) is 7.53. The Kier molecular flexibility index (Phi) is 6.04. The van der Waals surface area contributed by atoms with Crippen LogP contribution in [0.5, 0.6) is 0 Å². The Labute approximate surface area is 151 Å².